The molecule has 5 rings (SSSR count). The van der Waals surface area contributed by atoms with E-state index in [1.807, 2.05) is 35.4 Å². The Morgan fingerprint density at radius 3 is 2.44 bits per heavy atom. The quantitative estimate of drug-likeness (QED) is 0.408. The van der Waals surface area contributed by atoms with Gasteiger partial charge >= 0.3 is 0 Å². The summed E-state index contributed by atoms with van der Waals surface area (Å²) in [6.45, 7) is 3.91. The second-order valence-electron chi connectivity index (χ2n) is 8.84. The Bertz CT molecular complexity index is 1300. The van der Waals surface area contributed by atoms with E-state index in [9.17, 15) is 9.59 Å². The number of hydrogen-bond donors (Lipinski definition) is 1. The Morgan fingerprint density at radius 2 is 1.68 bits per heavy atom. The van der Waals surface area contributed by atoms with Crippen LogP contribution in [0.4, 0.5) is 0 Å². The second-order valence-corrected chi connectivity index (χ2v) is 9.90. The number of benzene rings is 2. The first-order valence-corrected chi connectivity index (χ1v) is 12.7. The highest BCUT2D eigenvalue weighted by Gasteiger charge is 2.28. The highest BCUT2D eigenvalue weighted by Crippen LogP contribution is 2.28. The number of nitrogens with zero attached hydrogens (tertiary/aromatic N) is 2. The predicted molar refractivity (Wildman–Crippen MR) is 137 cm³/mol. The van der Waals surface area contributed by atoms with Crippen LogP contribution in [0.5, 0.6) is 0 Å². The van der Waals surface area contributed by atoms with E-state index in [1.165, 1.54) is 22.3 Å². The Morgan fingerprint density at radius 1 is 0.941 bits per heavy atom. The van der Waals surface area contributed by atoms with E-state index < -0.39 is 0 Å². The minimum absolute atomic E-state index is 0.0379. The molecule has 0 radical (unpaired) electrons. The molecule has 3 heterocycles. The molecule has 174 valence electrons. The van der Waals surface area contributed by atoms with Crippen molar-refractivity contribution in [3.8, 4) is 5.00 Å². The summed E-state index contributed by atoms with van der Waals surface area (Å²) in [5, 5.41) is 5.29. The zero-order valence-corrected chi connectivity index (χ0v) is 20.2. The third kappa shape index (κ3) is 4.64. The van der Waals surface area contributed by atoms with Crippen LogP contribution in [0.15, 0.2) is 72.9 Å². The minimum Gasteiger partial charge on any atom is -0.352 e. The van der Waals surface area contributed by atoms with Crippen molar-refractivity contribution in [1.29, 1.82) is 0 Å². The maximum atomic E-state index is 13.1. The van der Waals surface area contributed by atoms with Gasteiger partial charge in [0.15, 0.2) is 0 Å². The van der Waals surface area contributed by atoms with E-state index in [1.54, 1.807) is 0 Å². The highest BCUT2D eigenvalue weighted by molar-refractivity contribution is 7.16. The number of aryl methyl sites for hydroxylation is 1. The molecule has 2 aromatic heterocycles. The molecule has 0 spiro atoms. The van der Waals surface area contributed by atoms with Crippen molar-refractivity contribution in [3.63, 3.8) is 0 Å². The highest BCUT2D eigenvalue weighted by atomic mass is 32.1. The van der Waals surface area contributed by atoms with E-state index in [0.29, 0.717) is 32.5 Å². The smallest absolute Gasteiger partial charge is 0.263 e. The van der Waals surface area contributed by atoms with Gasteiger partial charge in [-0.2, -0.15) is 0 Å². The van der Waals surface area contributed by atoms with Gasteiger partial charge < -0.3 is 14.8 Å². The molecule has 1 N–H and O–H groups in total. The summed E-state index contributed by atoms with van der Waals surface area (Å²) in [5.74, 6) is 0.108. The molecular weight excluding hydrogens is 442 g/mol. The molecule has 6 heteroatoms. The number of hydrogen-bond acceptors (Lipinski definition) is 3. The first-order valence-electron chi connectivity index (χ1n) is 11.9. The van der Waals surface area contributed by atoms with Gasteiger partial charge in [-0.05, 0) is 60.0 Å². The summed E-state index contributed by atoms with van der Waals surface area (Å²) < 4.78 is 2.13. The second kappa shape index (κ2) is 9.85. The largest absolute Gasteiger partial charge is 0.352 e. The molecular formula is C28H29N3O2S. The van der Waals surface area contributed by atoms with Gasteiger partial charge in [0.2, 0.25) is 5.91 Å². The van der Waals surface area contributed by atoms with Crippen LogP contribution in [0.25, 0.3) is 15.9 Å². The normalized spacial score (nSPS) is 14.4. The zero-order valence-electron chi connectivity index (χ0n) is 19.4. The minimum atomic E-state index is -0.0379. The first-order chi connectivity index (χ1) is 16.6. The van der Waals surface area contributed by atoms with Gasteiger partial charge in [0.05, 0.1) is 10.4 Å². The van der Waals surface area contributed by atoms with E-state index in [-0.39, 0.29) is 17.7 Å². The summed E-state index contributed by atoms with van der Waals surface area (Å²) in [6, 6.07) is 22.6. The standard InChI is InChI=1S/C28H29N3O2S/c1-2-20-7-9-21(10-8-20)19-29-27(32)23-13-16-30(17-14-23)28(33)25-11-12-26(34-25)31-18-15-22-5-3-4-6-24(22)31/h3-12,15,18,23H,2,13-14,16-17,19H2,1H3,(H,29,32). The Labute approximate surface area is 204 Å². The lowest BCUT2D eigenvalue weighted by Crippen LogP contribution is -2.42. The number of thiophene rings is 1. The third-order valence-electron chi connectivity index (χ3n) is 6.69. The number of aromatic nitrogens is 1. The third-order valence-corrected chi connectivity index (χ3v) is 7.76. The van der Waals surface area contributed by atoms with Crippen molar-refractivity contribution in [3.05, 3.63) is 88.9 Å². The van der Waals surface area contributed by atoms with Gasteiger partial charge in [0.1, 0.15) is 5.00 Å². The lowest BCUT2D eigenvalue weighted by molar-refractivity contribution is -0.126. The summed E-state index contributed by atoms with van der Waals surface area (Å²) in [5.41, 5.74) is 3.55. The maximum absolute atomic E-state index is 13.1. The Kier molecular flexibility index (Phi) is 6.50. The van der Waals surface area contributed by atoms with Crippen LogP contribution >= 0.6 is 11.3 Å². The van der Waals surface area contributed by atoms with E-state index in [4.69, 9.17) is 0 Å². The van der Waals surface area contributed by atoms with Crippen LogP contribution in [0.1, 0.15) is 40.6 Å². The van der Waals surface area contributed by atoms with Gasteiger partial charge in [-0.15, -0.1) is 11.3 Å². The average Bonchev–Trinajstić information content (AvgIpc) is 3.54. The van der Waals surface area contributed by atoms with Crippen LogP contribution < -0.4 is 5.32 Å². The number of rotatable bonds is 6. The number of likely N-dealkylation sites (tertiary alicyclic amines) is 1. The van der Waals surface area contributed by atoms with Crippen LogP contribution in [0.3, 0.4) is 0 Å². The predicted octanol–water partition coefficient (Wildman–Crippen LogP) is 5.42. The van der Waals surface area contributed by atoms with Crippen molar-refractivity contribution in [2.75, 3.05) is 13.1 Å². The number of piperidine rings is 1. The summed E-state index contributed by atoms with van der Waals surface area (Å²) in [7, 11) is 0. The van der Waals surface area contributed by atoms with Gasteiger partial charge in [-0.25, -0.2) is 0 Å². The average molecular weight is 472 g/mol. The van der Waals surface area contributed by atoms with Crippen LogP contribution in [-0.4, -0.2) is 34.4 Å². The first kappa shape index (κ1) is 22.4. The van der Waals surface area contributed by atoms with E-state index in [2.05, 4.69) is 59.3 Å². The molecule has 0 saturated carbocycles. The number of fused-ring (bicyclic) bond motifs is 1. The molecule has 5 nitrogen and oxygen atoms in total. The number of para-hydroxylation sites is 1. The van der Waals surface area contributed by atoms with Crippen molar-refractivity contribution in [2.24, 2.45) is 5.92 Å². The molecule has 1 aliphatic heterocycles. The number of amides is 2. The monoisotopic (exact) mass is 471 g/mol. The summed E-state index contributed by atoms with van der Waals surface area (Å²) in [4.78, 5) is 28.4. The molecule has 0 unspecified atom stereocenters. The van der Waals surface area contributed by atoms with Gasteiger partial charge in [-0.3, -0.25) is 9.59 Å². The molecule has 0 atom stereocenters. The van der Waals surface area contributed by atoms with E-state index in [0.717, 1.165) is 27.4 Å². The fourth-order valence-electron chi connectivity index (χ4n) is 4.57. The van der Waals surface area contributed by atoms with Crippen molar-refractivity contribution < 1.29 is 9.59 Å². The fraction of sp³-hybridized carbons (Fsp3) is 0.286. The van der Waals surface area contributed by atoms with Crippen molar-refractivity contribution >= 4 is 34.1 Å². The fourth-order valence-corrected chi connectivity index (χ4v) is 5.55. The molecule has 0 aliphatic carbocycles. The summed E-state index contributed by atoms with van der Waals surface area (Å²) >= 11 is 1.52. The molecule has 1 fully saturated rings. The van der Waals surface area contributed by atoms with Crippen LogP contribution in [0, 0.1) is 5.92 Å². The maximum Gasteiger partial charge on any atom is 0.263 e. The number of carbonyl (C=O) groups excluding carboxylic acids is 2. The van der Waals surface area contributed by atoms with Gasteiger partial charge in [0, 0.05) is 31.7 Å². The van der Waals surface area contributed by atoms with Crippen molar-refractivity contribution in [1.82, 2.24) is 14.8 Å². The molecule has 1 aliphatic rings. The number of carbonyl (C=O) groups is 2. The molecule has 2 amide bonds. The van der Waals surface area contributed by atoms with Gasteiger partial charge in [-0.1, -0.05) is 49.4 Å². The zero-order chi connectivity index (χ0) is 23.5. The van der Waals surface area contributed by atoms with Crippen molar-refractivity contribution in [2.45, 2.75) is 32.7 Å². The van der Waals surface area contributed by atoms with Crippen LogP contribution in [-0.2, 0) is 17.8 Å². The molecule has 2 aromatic carbocycles. The Hall–Kier alpha value is -3.38. The molecule has 34 heavy (non-hydrogen) atoms. The molecule has 4 aromatic rings. The molecule has 1 saturated heterocycles. The SMILES string of the molecule is CCc1ccc(CNC(=O)C2CCN(C(=O)c3ccc(-n4ccc5ccccc54)s3)CC2)cc1. The Balaban J connectivity index is 1.15. The summed E-state index contributed by atoms with van der Waals surface area (Å²) in [6.07, 6.45) is 4.46. The number of nitrogens with one attached hydrogen (secondary N) is 1. The van der Waals surface area contributed by atoms with E-state index >= 15 is 0 Å². The van der Waals surface area contributed by atoms with Crippen LogP contribution in [0.2, 0.25) is 0 Å². The molecule has 0 bridgehead atoms. The van der Waals surface area contributed by atoms with Gasteiger partial charge in [0.25, 0.3) is 5.91 Å². The topological polar surface area (TPSA) is 54.3 Å². The lowest BCUT2D eigenvalue weighted by atomic mass is 9.95. The lowest BCUT2D eigenvalue weighted by Gasteiger charge is -2.31.